The summed E-state index contributed by atoms with van der Waals surface area (Å²) in [5.74, 6) is -0.280. The maximum absolute atomic E-state index is 12.4. The fraction of sp³-hybridized carbons (Fsp3) is 0.217. The molecule has 0 unspecified atom stereocenters. The molecule has 0 spiro atoms. The summed E-state index contributed by atoms with van der Waals surface area (Å²) >= 11 is 1.35. The molecule has 0 saturated carbocycles. The van der Waals surface area contributed by atoms with Crippen molar-refractivity contribution in [2.24, 2.45) is 0 Å². The highest BCUT2D eigenvalue weighted by atomic mass is 32.1. The van der Waals surface area contributed by atoms with Crippen molar-refractivity contribution in [3.8, 4) is 22.8 Å². The third-order valence-electron chi connectivity index (χ3n) is 4.50. The van der Waals surface area contributed by atoms with Gasteiger partial charge in [-0.25, -0.2) is 4.98 Å². The van der Waals surface area contributed by atoms with Crippen LogP contribution < -0.4 is 14.8 Å². The van der Waals surface area contributed by atoms with Gasteiger partial charge in [0.15, 0.2) is 16.6 Å². The number of hydrogen-bond acceptors (Lipinski definition) is 5. The lowest BCUT2D eigenvalue weighted by atomic mass is 9.98. The highest BCUT2D eigenvalue weighted by Crippen LogP contribution is 2.32. The molecular weight excluding hydrogens is 422 g/mol. The number of aromatic nitrogens is 1. The van der Waals surface area contributed by atoms with Gasteiger partial charge in [0.2, 0.25) is 5.91 Å². The molecule has 1 aromatic heterocycles. The number of methoxy groups -OCH3 is 1. The molecule has 0 aliphatic carbocycles. The van der Waals surface area contributed by atoms with Crippen LogP contribution in [0.3, 0.4) is 0 Å². The zero-order valence-corrected chi connectivity index (χ0v) is 18.3. The van der Waals surface area contributed by atoms with Gasteiger partial charge in [-0.1, -0.05) is 23.8 Å². The second kappa shape index (κ2) is 9.70. The highest BCUT2D eigenvalue weighted by molar-refractivity contribution is 7.14. The number of carbonyl (C=O) groups is 1. The zero-order valence-electron chi connectivity index (χ0n) is 17.5. The summed E-state index contributed by atoms with van der Waals surface area (Å²) in [5, 5.41) is 5.15. The highest BCUT2D eigenvalue weighted by Gasteiger charge is 2.12. The fourth-order valence-electron chi connectivity index (χ4n) is 3.33. The summed E-state index contributed by atoms with van der Waals surface area (Å²) in [6.07, 6.45) is 2.89. The SMILES string of the molecule is COc1cc(/C=C/C(=O)Nc2nc(-c3c(C)cc(C)cc3C)cs2)ccc1OC(F)F. The van der Waals surface area contributed by atoms with Crippen LogP contribution in [0.5, 0.6) is 11.5 Å². The number of amides is 1. The Morgan fingerprint density at radius 2 is 1.84 bits per heavy atom. The number of nitrogens with zero attached hydrogens (tertiary/aromatic N) is 1. The number of aryl methyl sites for hydroxylation is 3. The van der Waals surface area contributed by atoms with Gasteiger partial charge < -0.3 is 9.47 Å². The van der Waals surface area contributed by atoms with Crippen LogP contribution in [0.2, 0.25) is 0 Å². The first-order valence-corrected chi connectivity index (χ1v) is 10.3. The number of benzene rings is 2. The van der Waals surface area contributed by atoms with Crippen molar-refractivity contribution < 1.29 is 23.0 Å². The van der Waals surface area contributed by atoms with E-state index in [0.29, 0.717) is 10.7 Å². The number of nitrogens with one attached hydrogen (secondary N) is 1. The predicted octanol–water partition coefficient (Wildman–Crippen LogP) is 6.00. The van der Waals surface area contributed by atoms with Crippen LogP contribution in [0.4, 0.5) is 13.9 Å². The number of ether oxygens (including phenoxy) is 2. The van der Waals surface area contributed by atoms with Crippen molar-refractivity contribution in [1.29, 1.82) is 0 Å². The largest absolute Gasteiger partial charge is 0.493 e. The molecule has 1 heterocycles. The van der Waals surface area contributed by atoms with Crippen molar-refractivity contribution in [3.63, 3.8) is 0 Å². The second-order valence-electron chi connectivity index (χ2n) is 6.92. The van der Waals surface area contributed by atoms with Crippen molar-refractivity contribution in [3.05, 3.63) is 64.0 Å². The van der Waals surface area contributed by atoms with Gasteiger partial charge in [-0.05, 0) is 55.7 Å². The minimum absolute atomic E-state index is 0.0730. The minimum atomic E-state index is -2.95. The molecule has 31 heavy (non-hydrogen) atoms. The summed E-state index contributed by atoms with van der Waals surface area (Å²) in [7, 11) is 1.35. The number of hydrogen-bond donors (Lipinski definition) is 1. The van der Waals surface area contributed by atoms with Gasteiger partial charge in [-0.3, -0.25) is 10.1 Å². The Kier molecular flexibility index (Phi) is 7.02. The maximum atomic E-state index is 12.4. The summed E-state index contributed by atoms with van der Waals surface area (Å²) in [4.78, 5) is 16.8. The summed E-state index contributed by atoms with van der Waals surface area (Å²) in [6.45, 7) is 3.19. The molecule has 0 radical (unpaired) electrons. The van der Waals surface area contributed by atoms with Crippen molar-refractivity contribution in [2.45, 2.75) is 27.4 Å². The van der Waals surface area contributed by atoms with E-state index < -0.39 is 6.61 Å². The molecule has 8 heteroatoms. The lowest BCUT2D eigenvalue weighted by Gasteiger charge is -2.10. The van der Waals surface area contributed by atoms with Gasteiger partial charge in [0, 0.05) is 17.0 Å². The van der Waals surface area contributed by atoms with Gasteiger partial charge in [0.1, 0.15) is 0 Å². The molecule has 162 valence electrons. The van der Waals surface area contributed by atoms with E-state index in [1.807, 2.05) is 19.2 Å². The average Bonchev–Trinajstić information content (AvgIpc) is 3.13. The Morgan fingerprint density at radius 1 is 1.13 bits per heavy atom. The molecule has 3 aromatic rings. The molecule has 2 aromatic carbocycles. The van der Waals surface area contributed by atoms with Crippen LogP contribution in [0.15, 0.2) is 41.8 Å². The van der Waals surface area contributed by atoms with E-state index in [9.17, 15) is 13.6 Å². The van der Waals surface area contributed by atoms with Crippen LogP contribution in [-0.4, -0.2) is 24.6 Å². The molecular formula is C23H22F2N2O3S. The van der Waals surface area contributed by atoms with Crippen LogP contribution in [0.25, 0.3) is 17.3 Å². The average molecular weight is 445 g/mol. The summed E-state index contributed by atoms with van der Waals surface area (Å²) < 4.78 is 34.3. The van der Waals surface area contributed by atoms with Crippen molar-refractivity contribution >= 4 is 28.5 Å². The number of halogens is 2. The first-order valence-electron chi connectivity index (χ1n) is 9.42. The van der Waals surface area contributed by atoms with E-state index in [2.05, 4.69) is 34.1 Å². The standard InChI is InChI=1S/C23H22F2N2O3S/c1-13-9-14(2)21(15(3)10-13)17-12-31-23(26-17)27-20(28)8-6-16-5-7-18(30-22(24)25)19(11-16)29-4/h5-12,22H,1-4H3,(H,26,27,28)/b8-6+. The maximum Gasteiger partial charge on any atom is 0.387 e. The second-order valence-corrected chi connectivity index (χ2v) is 7.78. The Balaban J connectivity index is 1.70. The van der Waals surface area contributed by atoms with E-state index in [0.717, 1.165) is 22.4 Å². The van der Waals surface area contributed by atoms with Crippen LogP contribution in [0.1, 0.15) is 22.3 Å². The lowest BCUT2D eigenvalue weighted by Crippen LogP contribution is -2.07. The zero-order chi connectivity index (χ0) is 22.5. The van der Waals surface area contributed by atoms with E-state index >= 15 is 0 Å². The normalized spacial score (nSPS) is 11.2. The molecule has 1 amide bonds. The first-order chi connectivity index (χ1) is 14.8. The Hall–Kier alpha value is -3.26. The van der Waals surface area contributed by atoms with Gasteiger partial charge >= 0.3 is 6.61 Å². The molecule has 0 aliphatic rings. The van der Waals surface area contributed by atoms with Gasteiger partial charge in [-0.2, -0.15) is 8.78 Å². The third-order valence-corrected chi connectivity index (χ3v) is 5.26. The van der Waals surface area contributed by atoms with Crippen molar-refractivity contribution in [1.82, 2.24) is 4.98 Å². The Morgan fingerprint density at radius 3 is 2.48 bits per heavy atom. The summed E-state index contributed by atoms with van der Waals surface area (Å²) in [6, 6.07) is 8.63. The summed E-state index contributed by atoms with van der Waals surface area (Å²) in [5.41, 5.74) is 5.94. The smallest absolute Gasteiger partial charge is 0.387 e. The van der Waals surface area contributed by atoms with Crippen LogP contribution in [-0.2, 0) is 4.79 Å². The Labute approximate surface area is 183 Å². The number of rotatable bonds is 7. The van der Waals surface area contributed by atoms with E-state index in [-0.39, 0.29) is 17.4 Å². The molecule has 0 atom stereocenters. The fourth-order valence-corrected chi connectivity index (χ4v) is 4.03. The molecule has 0 saturated heterocycles. The third kappa shape index (κ3) is 5.67. The molecule has 3 rings (SSSR count). The lowest BCUT2D eigenvalue weighted by molar-refractivity contribution is -0.111. The topological polar surface area (TPSA) is 60.5 Å². The van der Waals surface area contributed by atoms with Crippen LogP contribution >= 0.6 is 11.3 Å². The minimum Gasteiger partial charge on any atom is -0.493 e. The molecule has 0 aliphatic heterocycles. The number of carbonyl (C=O) groups excluding carboxylic acids is 1. The van der Waals surface area contributed by atoms with Crippen molar-refractivity contribution in [2.75, 3.05) is 12.4 Å². The number of anilines is 1. The van der Waals surface area contributed by atoms with Crippen LogP contribution in [0, 0.1) is 20.8 Å². The molecule has 0 fully saturated rings. The van der Waals surface area contributed by atoms with E-state index in [1.165, 1.54) is 42.2 Å². The molecule has 5 nitrogen and oxygen atoms in total. The molecule has 1 N–H and O–H groups in total. The van der Waals surface area contributed by atoms with Gasteiger partial charge in [0.05, 0.1) is 12.8 Å². The first kappa shape index (κ1) is 22.4. The monoisotopic (exact) mass is 444 g/mol. The van der Waals surface area contributed by atoms with E-state index in [1.54, 1.807) is 12.1 Å². The number of thiazole rings is 1. The van der Waals surface area contributed by atoms with Gasteiger partial charge in [0.25, 0.3) is 0 Å². The quantitative estimate of drug-likeness (QED) is 0.454. The van der Waals surface area contributed by atoms with Gasteiger partial charge in [-0.15, -0.1) is 11.3 Å². The Bertz CT molecular complexity index is 1100. The number of alkyl halides is 2. The predicted molar refractivity (Wildman–Crippen MR) is 119 cm³/mol. The molecule has 0 bridgehead atoms. The van der Waals surface area contributed by atoms with E-state index in [4.69, 9.17) is 4.74 Å².